The molecule has 2 aliphatic rings. The Hall–Kier alpha value is -11.6. The lowest BCUT2D eigenvalue weighted by Crippen LogP contribution is -2.61. The van der Waals surface area contributed by atoms with E-state index in [2.05, 4.69) is 356 Å². The Kier molecular flexibility index (Phi) is 13.1. The molecule has 0 bridgehead atoms. The van der Waals surface area contributed by atoms with Crippen LogP contribution < -0.4 is 26.2 Å². The number of hydrogen-bond acceptors (Lipinski definition) is 4. The summed E-state index contributed by atoms with van der Waals surface area (Å²) in [6.07, 6.45) is 0. The number of para-hydroxylation sites is 4. The number of fused-ring (bicyclic) bond motifs is 10. The number of rotatable bonds is 10. The molecule has 95 heavy (non-hydrogen) atoms. The zero-order valence-electron chi connectivity index (χ0n) is 51.7. The van der Waals surface area contributed by atoms with E-state index in [0.29, 0.717) is 0 Å². The van der Waals surface area contributed by atoms with Gasteiger partial charge in [0.1, 0.15) is 0 Å². The van der Waals surface area contributed by atoms with E-state index in [4.69, 9.17) is 0 Å². The van der Waals surface area contributed by atoms with Gasteiger partial charge in [0, 0.05) is 85.3 Å². The van der Waals surface area contributed by atoms with E-state index in [0.717, 1.165) is 67.5 Å². The van der Waals surface area contributed by atoms with E-state index in [1.807, 2.05) is 22.7 Å². The highest BCUT2D eigenvalue weighted by Gasteiger charge is 2.45. The van der Waals surface area contributed by atoms with Crippen molar-refractivity contribution in [3.8, 4) is 89.0 Å². The van der Waals surface area contributed by atoms with Crippen LogP contribution in [0.25, 0.3) is 129 Å². The summed E-state index contributed by atoms with van der Waals surface area (Å²) in [6, 6.07) is 129. The van der Waals surface area contributed by atoms with Gasteiger partial charge < -0.3 is 9.80 Å². The van der Waals surface area contributed by atoms with Crippen LogP contribution in [-0.2, 0) is 0 Å². The molecule has 17 aromatic rings. The molecule has 0 N–H and O–H groups in total. The van der Waals surface area contributed by atoms with Crippen LogP contribution in [0, 0.1) is 0 Å². The smallest absolute Gasteiger partial charge is 0.252 e. The van der Waals surface area contributed by atoms with Crippen molar-refractivity contribution in [3.05, 3.63) is 346 Å². The molecule has 0 unspecified atom stereocenters. The first-order valence-corrected chi connectivity index (χ1v) is 34.3. The van der Waals surface area contributed by atoms with Gasteiger partial charge >= 0.3 is 0 Å². The summed E-state index contributed by atoms with van der Waals surface area (Å²) < 4.78 is 5.15. The predicted octanol–water partition coefficient (Wildman–Crippen LogP) is 23.8. The van der Waals surface area contributed by atoms with Crippen molar-refractivity contribution in [2.24, 2.45) is 0 Å². The Labute approximate surface area is 560 Å². The molecule has 0 saturated heterocycles. The zero-order valence-corrected chi connectivity index (χ0v) is 53.3. The third-order valence-electron chi connectivity index (χ3n) is 19.8. The SMILES string of the molecule is c1ccc(-c2ccccc2-c2cccc(-c3ccccc3-c3cccc4sc5ccccc5c34)c2N2c3ccccc3B3c4ccccc4N(c4c(-c5ccccc5-c5ccccc5)cccc4-c4ccccc4-c4cccc5sc6ccccc6c45)c4cccc2c43)cc1. The van der Waals surface area contributed by atoms with Crippen LogP contribution in [0.4, 0.5) is 34.1 Å². The zero-order chi connectivity index (χ0) is 62.5. The first-order chi connectivity index (χ1) is 47.2. The second-order valence-electron chi connectivity index (χ2n) is 24.8. The summed E-state index contributed by atoms with van der Waals surface area (Å²) in [4.78, 5) is 5.30. The number of thiophene rings is 2. The van der Waals surface area contributed by atoms with Crippen molar-refractivity contribution >= 4 is 120 Å². The molecule has 15 aromatic carbocycles. The van der Waals surface area contributed by atoms with Gasteiger partial charge in [0.25, 0.3) is 6.71 Å². The lowest BCUT2D eigenvalue weighted by molar-refractivity contribution is 1.25. The molecule has 0 amide bonds. The maximum Gasteiger partial charge on any atom is 0.252 e. The second kappa shape index (κ2) is 22.6. The van der Waals surface area contributed by atoms with E-state index in [1.165, 1.54) is 112 Å². The van der Waals surface area contributed by atoms with Crippen LogP contribution in [0.3, 0.4) is 0 Å². The third-order valence-corrected chi connectivity index (χ3v) is 22.0. The van der Waals surface area contributed by atoms with Gasteiger partial charge in [-0.1, -0.05) is 297 Å². The quantitative estimate of drug-likeness (QED) is 0.126. The van der Waals surface area contributed by atoms with Gasteiger partial charge in [0.2, 0.25) is 0 Å². The Morgan fingerprint density at radius 1 is 0.200 bits per heavy atom. The fourth-order valence-electron chi connectivity index (χ4n) is 15.8. The topological polar surface area (TPSA) is 6.48 Å². The molecule has 5 heteroatoms. The van der Waals surface area contributed by atoms with Crippen LogP contribution in [0.15, 0.2) is 346 Å². The van der Waals surface area contributed by atoms with Crippen LogP contribution in [0.2, 0.25) is 0 Å². The van der Waals surface area contributed by atoms with Crippen molar-refractivity contribution < 1.29 is 0 Å². The lowest BCUT2D eigenvalue weighted by atomic mass is 9.33. The molecule has 442 valence electrons. The average Bonchev–Trinajstić information content (AvgIpc) is 1.28. The third kappa shape index (κ3) is 8.77. The average molecular weight is 1240 g/mol. The Balaban J connectivity index is 0.909. The van der Waals surface area contributed by atoms with Crippen molar-refractivity contribution in [1.82, 2.24) is 0 Å². The molecule has 0 saturated carbocycles. The molecule has 2 aromatic heterocycles. The molecule has 2 nitrogen and oxygen atoms in total. The monoisotopic (exact) mass is 1240 g/mol. The largest absolute Gasteiger partial charge is 0.310 e. The number of anilines is 6. The molecule has 0 radical (unpaired) electrons. The Morgan fingerprint density at radius 3 is 0.895 bits per heavy atom. The van der Waals surface area contributed by atoms with Crippen molar-refractivity contribution in [3.63, 3.8) is 0 Å². The fraction of sp³-hybridized carbons (Fsp3) is 0. The summed E-state index contributed by atoms with van der Waals surface area (Å²) in [5.74, 6) is 0. The van der Waals surface area contributed by atoms with Crippen molar-refractivity contribution in [2.45, 2.75) is 0 Å². The predicted molar refractivity (Wildman–Crippen MR) is 410 cm³/mol. The van der Waals surface area contributed by atoms with Gasteiger partial charge in [0.05, 0.1) is 11.4 Å². The molecule has 0 spiro atoms. The first-order valence-electron chi connectivity index (χ1n) is 32.7. The minimum atomic E-state index is -0.117. The minimum Gasteiger partial charge on any atom is -0.310 e. The standard InChI is InChI=1S/C90H57BN2S2/c1-3-28-58(29-4-1)60-32-7-9-34-62(60)70-44-23-46-72(66-38-13-11-36-64(66)68-42-25-56-84-86(68)74-40-15-21-54-82(74)94-84)89(70)92-78-50-19-17-48-76(78)91-77-49-18-20-51-79(77)93(81-53-27-52-80(92)88(81)91)90-71(63-35-10-8-33-61(63)59-30-5-2-6-31-59)45-24-47-73(90)67-39-14-12-37-65(67)69-43-26-57-85-87(69)75-41-16-22-55-83(75)95-85/h1-57H. The van der Waals surface area contributed by atoms with Crippen molar-refractivity contribution in [2.75, 3.05) is 9.80 Å². The highest BCUT2D eigenvalue weighted by Crippen LogP contribution is 2.56. The van der Waals surface area contributed by atoms with Crippen LogP contribution >= 0.6 is 22.7 Å². The van der Waals surface area contributed by atoms with Gasteiger partial charge in [-0.05, 0) is 132 Å². The molecule has 19 rings (SSSR count). The summed E-state index contributed by atoms with van der Waals surface area (Å²) in [5.41, 5.74) is 29.4. The highest BCUT2D eigenvalue weighted by atomic mass is 32.1. The van der Waals surface area contributed by atoms with Gasteiger partial charge in [-0.3, -0.25) is 0 Å². The molecular weight excluding hydrogens is 1180 g/mol. The number of benzene rings is 15. The summed E-state index contributed by atoms with van der Waals surface area (Å²) in [5, 5.41) is 5.15. The van der Waals surface area contributed by atoms with Crippen LogP contribution in [-0.4, -0.2) is 6.71 Å². The Bertz CT molecular complexity index is 5550. The Morgan fingerprint density at radius 2 is 0.474 bits per heavy atom. The number of nitrogens with zero attached hydrogens (tertiary/aromatic N) is 2. The molecule has 4 heterocycles. The van der Waals surface area contributed by atoms with E-state index in [9.17, 15) is 0 Å². The summed E-state index contributed by atoms with van der Waals surface area (Å²) in [7, 11) is 0. The molecule has 0 atom stereocenters. The maximum absolute atomic E-state index is 2.65. The normalized spacial score (nSPS) is 12.4. The van der Waals surface area contributed by atoms with Crippen LogP contribution in [0.1, 0.15) is 0 Å². The van der Waals surface area contributed by atoms with E-state index < -0.39 is 0 Å². The summed E-state index contributed by atoms with van der Waals surface area (Å²) in [6.45, 7) is -0.117. The number of hydrogen-bond donors (Lipinski definition) is 0. The van der Waals surface area contributed by atoms with Crippen LogP contribution in [0.5, 0.6) is 0 Å². The minimum absolute atomic E-state index is 0.117. The van der Waals surface area contributed by atoms with E-state index in [-0.39, 0.29) is 6.71 Å². The lowest BCUT2D eigenvalue weighted by Gasteiger charge is -2.45. The molecular formula is C90H57BN2S2. The van der Waals surface area contributed by atoms with E-state index in [1.54, 1.807) is 0 Å². The second-order valence-corrected chi connectivity index (χ2v) is 27.0. The molecule has 2 aliphatic heterocycles. The highest BCUT2D eigenvalue weighted by molar-refractivity contribution is 7.26. The van der Waals surface area contributed by atoms with Gasteiger partial charge in [-0.25, -0.2) is 0 Å². The van der Waals surface area contributed by atoms with Gasteiger partial charge in [-0.2, -0.15) is 0 Å². The van der Waals surface area contributed by atoms with Gasteiger partial charge in [0.15, 0.2) is 0 Å². The van der Waals surface area contributed by atoms with E-state index >= 15 is 0 Å². The van der Waals surface area contributed by atoms with Crippen molar-refractivity contribution in [1.29, 1.82) is 0 Å². The molecule has 0 aliphatic carbocycles. The first kappa shape index (κ1) is 55.1. The fourth-order valence-corrected chi connectivity index (χ4v) is 18.1. The molecule has 0 fully saturated rings. The van der Waals surface area contributed by atoms with Gasteiger partial charge in [-0.15, -0.1) is 22.7 Å². The summed E-state index contributed by atoms with van der Waals surface area (Å²) >= 11 is 3.74. The maximum atomic E-state index is 2.65.